The van der Waals surface area contributed by atoms with Crippen LogP contribution < -0.4 is 5.32 Å². The number of carbonyl (C=O) groups is 1. The quantitative estimate of drug-likeness (QED) is 0.624. The van der Waals surface area contributed by atoms with Gasteiger partial charge in [0.25, 0.3) is 5.91 Å². The Hall–Kier alpha value is -1.33. The number of aliphatic hydroxyl groups is 2. The lowest BCUT2D eigenvalue weighted by Crippen LogP contribution is -2.51. The van der Waals surface area contributed by atoms with Crippen molar-refractivity contribution in [1.82, 2.24) is 5.32 Å². The molecule has 0 saturated heterocycles. The van der Waals surface area contributed by atoms with Gasteiger partial charge in [-0.05, 0) is 19.1 Å². The second kappa shape index (κ2) is 4.26. The molecule has 78 valence electrons. The number of rotatable bonds is 4. The molecule has 1 aromatic rings. The molecule has 3 N–H and O–H groups in total. The van der Waals surface area contributed by atoms with E-state index in [1.807, 2.05) is 0 Å². The van der Waals surface area contributed by atoms with Gasteiger partial charge < -0.3 is 19.9 Å². The van der Waals surface area contributed by atoms with Crippen LogP contribution in [-0.2, 0) is 0 Å². The molecule has 0 aromatic carbocycles. The number of nitrogens with one attached hydrogen (secondary N) is 1. The molecule has 0 radical (unpaired) electrons. The van der Waals surface area contributed by atoms with Crippen molar-refractivity contribution in [2.75, 3.05) is 13.2 Å². The molecule has 5 nitrogen and oxygen atoms in total. The first-order valence-electron chi connectivity index (χ1n) is 4.19. The van der Waals surface area contributed by atoms with Gasteiger partial charge in [0.2, 0.25) is 0 Å². The highest BCUT2D eigenvalue weighted by Crippen LogP contribution is 2.05. The first-order valence-corrected chi connectivity index (χ1v) is 4.19. The highest BCUT2D eigenvalue weighted by atomic mass is 16.3. The van der Waals surface area contributed by atoms with E-state index in [0.717, 1.165) is 0 Å². The van der Waals surface area contributed by atoms with Crippen LogP contribution in [0.3, 0.4) is 0 Å². The third-order valence-electron chi connectivity index (χ3n) is 1.86. The fourth-order valence-corrected chi connectivity index (χ4v) is 0.873. The molecule has 0 atom stereocenters. The Balaban J connectivity index is 2.65. The maximum Gasteiger partial charge on any atom is 0.287 e. The highest BCUT2D eigenvalue weighted by molar-refractivity contribution is 5.91. The van der Waals surface area contributed by atoms with Gasteiger partial charge in [-0.3, -0.25) is 4.79 Å². The summed E-state index contributed by atoms with van der Waals surface area (Å²) < 4.78 is 4.85. The Morgan fingerprint density at radius 3 is 2.64 bits per heavy atom. The zero-order chi connectivity index (χ0) is 10.6. The van der Waals surface area contributed by atoms with Gasteiger partial charge in [-0.15, -0.1) is 0 Å². The fraction of sp³-hybridized carbons (Fsp3) is 0.444. The Morgan fingerprint density at radius 1 is 1.57 bits per heavy atom. The van der Waals surface area contributed by atoms with Crippen LogP contribution in [0.4, 0.5) is 0 Å². The molecular weight excluding hydrogens is 186 g/mol. The molecule has 1 amide bonds. The van der Waals surface area contributed by atoms with Gasteiger partial charge in [-0.25, -0.2) is 0 Å². The van der Waals surface area contributed by atoms with Crippen LogP contribution in [0.5, 0.6) is 0 Å². The van der Waals surface area contributed by atoms with Crippen LogP contribution in [0, 0.1) is 0 Å². The van der Waals surface area contributed by atoms with E-state index in [1.54, 1.807) is 6.07 Å². The average molecular weight is 199 g/mol. The maximum atomic E-state index is 11.4. The molecule has 0 aliphatic heterocycles. The molecule has 0 aliphatic carbocycles. The number of aliphatic hydroxyl groups excluding tert-OH is 2. The van der Waals surface area contributed by atoms with Crippen LogP contribution in [0.15, 0.2) is 22.8 Å². The molecule has 1 aromatic heterocycles. The molecule has 14 heavy (non-hydrogen) atoms. The van der Waals surface area contributed by atoms with Gasteiger partial charge in [0.15, 0.2) is 5.76 Å². The molecule has 0 fully saturated rings. The number of carbonyl (C=O) groups excluding carboxylic acids is 1. The van der Waals surface area contributed by atoms with E-state index in [0.29, 0.717) is 0 Å². The summed E-state index contributed by atoms with van der Waals surface area (Å²) in [5.74, 6) is -0.307. The SMILES string of the molecule is CC(CO)(CO)NC(=O)c1ccco1. The van der Waals surface area contributed by atoms with E-state index in [-0.39, 0.29) is 19.0 Å². The zero-order valence-electron chi connectivity index (χ0n) is 7.86. The van der Waals surface area contributed by atoms with Crippen molar-refractivity contribution >= 4 is 5.91 Å². The van der Waals surface area contributed by atoms with Crippen molar-refractivity contribution in [2.24, 2.45) is 0 Å². The van der Waals surface area contributed by atoms with Crippen molar-refractivity contribution in [3.8, 4) is 0 Å². The molecule has 0 unspecified atom stereocenters. The van der Waals surface area contributed by atoms with Crippen molar-refractivity contribution in [2.45, 2.75) is 12.5 Å². The minimum Gasteiger partial charge on any atom is -0.459 e. The molecule has 0 bridgehead atoms. The molecule has 5 heteroatoms. The Kier molecular flexibility index (Phi) is 3.27. The lowest BCUT2D eigenvalue weighted by molar-refractivity contribution is 0.0700. The third kappa shape index (κ3) is 2.34. The lowest BCUT2D eigenvalue weighted by atomic mass is 10.1. The predicted molar refractivity (Wildman–Crippen MR) is 48.8 cm³/mol. The van der Waals surface area contributed by atoms with Crippen LogP contribution in [-0.4, -0.2) is 34.9 Å². The first-order chi connectivity index (χ1) is 6.61. The van der Waals surface area contributed by atoms with E-state index in [4.69, 9.17) is 14.6 Å². The number of furan rings is 1. The third-order valence-corrected chi connectivity index (χ3v) is 1.86. The molecule has 0 spiro atoms. The molecule has 0 aliphatic rings. The zero-order valence-corrected chi connectivity index (χ0v) is 7.86. The van der Waals surface area contributed by atoms with Gasteiger partial charge in [0, 0.05) is 0 Å². The molecule has 1 heterocycles. The van der Waals surface area contributed by atoms with Gasteiger partial charge in [-0.1, -0.05) is 0 Å². The largest absolute Gasteiger partial charge is 0.459 e. The predicted octanol–water partition coefficient (Wildman–Crippen LogP) is -0.247. The Morgan fingerprint density at radius 2 is 2.21 bits per heavy atom. The van der Waals surface area contributed by atoms with Gasteiger partial charge >= 0.3 is 0 Å². The summed E-state index contributed by atoms with van der Waals surface area (Å²) in [4.78, 5) is 11.4. The standard InChI is InChI=1S/C9H13NO4/c1-9(5-11,6-12)10-8(13)7-3-2-4-14-7/h2-4,11-12H,5-6H2,1H3,(H,10,13). The van der Waals surface area contributed by atoms with E-state index in [1.165, 1.54) is 19.3 Å². The summed E-state index contributed by atoms with van der Waals surface area (Å²) in [5, 5.41) is 20.3. The summed E-state index contributed by atoms with van der Waals surface area (Å²) in [5.41, 5.74) is -1.02. The molecular formula is C9H13NO4. The second-order valence-electron chi connectivity index (χ2n) is 3.31. The average Bonchev–Trinajstić information content (AvgIpc) is 2.70. The van der Waals surface area contributed by atoms with E-state index in [9.17, 15) is 4.79 Å². The van der Waals surface area contributed by atoms with Crippen LogP contribution >= 0.6 is 0 Å². The van der Waals surface area contributed by atoms with Crippen molar-refractivity contribution < 1.29 is 19.4 Å². The van der Waals surface area contributed by atoms with Crippen molar-refractivity contribution in [3.05, 3.63) is 24.2 Å². The smallest absolute Gasteiger partial charge is 0.287 e. The monoisotopic (exact) mass is 199 g/mol. The van der Waals surface area contributed by atoms with E-state index >= 15 is 0 Å². The fourth-order valence-electron chi connectivity index (χ4n) is 0.873. The van der Waals surface area contributed by atoms with Crippen LogP contribution in [0.1, 0.15) is 17.5 Å². The Bertz CT molecular complexity index is 290. The summed E-state index contributed by atoms with van der Waals surface area (Å²) >= 11 is 0. The van der Waals surface area contributed by atoms with Crippen LogP contribution in [0.2, 0.25) is 0 Å². The summed E-state index contributed by atoms with van der Waals surface area (Å²) in [6.07, 6.45) is 1.38. The number of hydrogen-bond acceptors (Lipinski definition) is 4. The summed E-state index contributed by atoms with van der Waals surface area (Å²) in [7, 11) is 0. The highest BCUT2D eigenvalue weighted by Gasteiger charge is 2.25. The van der Waals surface area contributed by atoms with Gasteiger partial charge in [0.1, 0.15) is 0 Å². The second-order valence-corrected chi connectivity index (χ2v) is 3.31. The molecule has 0 saturated carbocycles. The number of hydrogen-bond donors (Lipinski definition) is 3. The molecule has 1 rings (SSSR count). The Labute approximate surface area is 81.4 Å². The summed E-state index contributed by atoms with van der Waals surface area (Å²) in [6.45, 7) is 0.861. The number of amides is 1. The van der Waals surface area contributed by atoms with Gasteiger partial charge in [-0.2, -0.15) is 0 Å². The minimum atomic E-state index is -1.02. The van der Waals surface area contributed by atoms with Crippen molar-refractivity contribution in [3.63, 3.8) is 0 Å². The maximum absolute atomic E-state index is 11.4. The normalized spacial score (nSPS) is 11.4. The van der Waals surface area contributed by atoms with E-state index < -0.39 is 11.4 Å². The lowest BCUT2D eigenvalue weighted by Gasteiger charge is -2.25. The first kappa shape index (κ1) is 10.7. The van der Waals surface area contributed by atoms with Gasteiger partial charge in [0.05, 0.1) is 25.0 Å². The van der Waals surface area contributed by atoms with Crippen LogP contribution in [0.25, 0.3) is 0 Å². The van der Waals surface area contributed by atoms with Crippen molar-refractivity contribution in [1.29, 1.82) is 0 Å². The summed E-state index contributed by atoms with van der Waals surface area (Å²) in [6, 6.07) is 3.09. The van der Waals surface area contributed by atoms with E-state index in [2.05, 4.69) is 5.32 Å². The topological polar surface area (TPSA) is 82.7 Å². The minimum absolute atomic E-state index is 0.151.